The number of nitrogens with zero attached hydrogens (tertiary/aromatic N) is 6. The molecule has 0 radical (unpaired) electrons. The number of para-hydroxylation sites is 1. The van der Waals surface area contributed by atoms with Gasteiger partial charge < -0.3 is 4.90 Å². The molecule has 5 rings (SSSR count). The van der Waals surface area contributed by atoms with E-state index in [-0.39, 0.29) is 11.7 Å². The third-order valence-electron chi connectivity index (χ3n) is 5.06. The standard InChI is InChI=1S/C19H18N6OS/c1-12-6-9-20-19-22-16(23-25(12)19)18(26)24-10-7-13(8-11-24)17-21-14-4-2-3-5-15(14)27-17/h2-6,9,13H,7-8,10-11H2,1H3. The lowest BCUT2D eigenvalue weighted by molar-refractivity contribution is 0.0701. The van der Waals surface area contributed by atoms with E-state index in [1.807, 2.05) is 30.0 Å². The molecule has 136 valence electrons. The van der Waals surface area contributed by atoms with Gasteiger partial charge in [0.25, 0.3) is 11.7 Å². The molecule has 27 heavy (non-hydrogen) atoms. The fourth-order valence-electron chi connectivity index (χ4n) is 3.53. The van der Waals surface area contributed by atoms with Gasteiger partial charge in [0.05, 0.1) is 15.2 Å². The van der Waals surface area contributed by atoms with Crippen LogP contribution in [0.25, 0.3) is 16.0 Å². The van der Waals surface area contributed by atoms with E-state index in [1.54, 1.807) is 22.0 Å². The molecule has 8 heteroatoms. The van der Waals surface area contributed by atoms with Crippen molar-refractivity contribution in [1.82, 2.24) is 29.5 Å². The largest absolute Gasteiger partial charge is 0.336 e. The summed E-state index contributed by atoms with van der Waals surface area (Å²) in [7, 11) is 0. The molecule has 1 aliphatic rings. The Morgan fingerprint density at radius 1 is 1.15 bits per heavy atom. The van der Waals surface area contributed by atoms with Crippen LogP contribution in [0.15, 0.2) is 36.5 Å². The number of aromatic nitrogens is 5. The first-order valence-corrected chi connectivity index (χ1v) is 9.84. The number of piperidine rings is 1. The Labute approximate surface area is 159 Å². The van der Waals surface area contributed by atoms with Gasteiger partial charge in [-0.25, -0.2) is 14.5 Å². The number of aryl methyl sites for hydroxylation is 1. The summed E-state index contributed by atoms with van der Waals surface area (Å²) >= 11 is 1.76. The van der Waals surface area contributed by atoms with Crippen molar-refractivity contribution >= 4 is 33.2 Å². The number of hydrogen-bond acceptors (Lipinski definition) is 6. The topological polar surface area (TPSA) is 76.3 Å². The highest BCUT2D eigenvalue weighted by Crippen LogP contribution is 2.34. The lowest BCUT2D eigenvalue weighted by atomic mass is 9.97. The second kappa shape index (κ2) is 6.38. The molecule has 7 nitrogen and oxygen atoms in total. The number of fused-ring (bicyclic) bond motifs is 2. The summed E-state index contributed by atoms with van der Waals surface area (Å²) in [5.41, 5.74) is 1.97. The van der Waals surface area contributed by atoms with E-state index in [0.29, 0.717) is 24.8 Å². The van der Waals surface area contributed by atoms with Gasteiger partial charge in [-0.1, -0.05) is 12.1 Å². The van der Waals surface area contributed by atoms with E-state index in [9.17, 15) is 4.79 Å². The Hall–Kier alpha value is -2.87. The zero-order chi connectivity index (χ0) is 18.4. The van der Waals surface area contributed by atoms with Crippen LogP contribution in [0.1, 0.15) is 40.1 Å². The number of hydrogen-bond donors (Lipinski definition) is 0. The second-order valence-corrected chi connectivity index (χ2v) is 7.88. The van der Waals surface area contributed by atoms with Crippen molar-refractivity contribution < 1.29 is 4.79 Å². The van der Waals surface area contributed by atoms with Gasteiger partial charge >= 0.3 is 0 Å². The van der Waals surface area contributed by atoms with E-state index < -0.39 is 0 Å². The quantitative estimate of drug-likeness (QED) is 0.536. The molecule has 1 aromatic carbocycles. The first-order valence-electron chi connectivity index (χ1n) is 9.02. The predicted octanol–water partition coefficient (Wildman–Crippen LogP) is 3.06. The highest BCUT2D eigenvalue weighted by Gasteiger charge is 2.28. The molecule has 0 unspecified atom stereocenters. The van der Waals surface area contributed by atoms with Crippen LogP contribution in [0.4, 0.5) is 0 Å². The van der Waals surface area contributed by atoms with Gasteiger partial charge in [0, 0.05) is 30.9 Å². The summed E-state index contributed by atoms with van der Waals surface area (Å²) in [6.45, 7) is 3.31. The molecule has 4 aromatic rings. The maximum absolute atomic E-state index is 12.8. The molecular formula is C19H18N6OS. The summed E-state index contributed by atoms with van der Waals surface area (Å²) < 4.78 is 2.84. The molecule has 0 spiro atoms. The zero-order valence-electron chi connectivity index (χ0n) is 14.9. The van der Waals surface area contributed by atoms with Crippen molar-refractivity contribution in [2.45, 2.75) is 25.7 Å². The number of carbonyl (C=O) groups excluding carboxylic acids is 1. The highest BCUT2D eigenvalue weighted by molar-refractivity contribution is 7.18. The van der Waals surface area contributed by atoms with Crippen LogP contribution in [-0.2, 0) is 0 Å². The van der Waals surface area contributed by atoms with Gasteiger partial charge in [0.15, 0.2) is 0 Å². The summed E-state index contributed by atoms with van der Waals surface area (Å²) in [6, 6.07) is 10.1. The van der Waals surface area contributed by atoms with Gasteiger partial charge in [0.2, 0.25) is 5.82 Å². The Bertz CT molecular complexity index is 1110. The van der Waals surface area contributed by atoms with Crippen LogP contribution in [0.3, 0.4) is 0 Å². The summed E-state index contributed by atoms with van der Waals surface area (Å²) in [5.74, 6) is 0.963. The lowest BCUT2D eigenvalue weighted by Crippen LogP contribution is -2.38. The third kappa shape index (κ3) is 2.86. The van der Waals surface area contributed by atoms with Gasteiger partial charge in [-0.3, -0.25) is 4.79 Å². The van der Waals surface area contributed by atoms with E-state index in [2.05, 4.69) is 27.2 Å². The van der Waals surface area contributed by atoms with Crippen molar-refractivity contribution in [3.63, 3.8) is 0 Å². The first kappa shape index (κ1) is 16.3. The number of likely N-dealkylation sites (tertiary alicyclic amines) is 1. The van der Waals surface area contributed by atoms with Crippen molar-refractivity contribution in [3.8, 4) is 0 Å². The average Bonchev–Trinajstić information content (AvgIpc) is 3.32. The van der Waals surface area contributed by atoms with Crippen molar-refractivity contribution in [2.75, 3.05) is 13.1 Å². The molecule has 0 N–H and O–H groups in total. The Morgan fingerprint density at radius 3 is 2.74 bits per heavy atom. The maximum atomic E-state index is 12.8. The number of thiazole rings is 1. The van der Waals surface area contributed by atoms with E-state index in [1.165, 1.54) is 9.71 Å². The first-order chi connectivity index (χ1) is 13.2. The van der Waals surface area contributed by atoms with Crippen LogP contribution in [0.5, 0.6) is 0 Å². The van der Waals surface area contributed by atoms with E-state index >= 15 is 0 Å². The minimum absolute atomic E-state index is 0.123. The Morgan fingerprint density at radius 2 is 1.96 bits per heavy atom. The molecule has 0 aliphatic carbocycles. The normalized spacial score (nSPS) is 15.7. The number of benzene rings is 1. The van der Waals surface area contributed by atoms with Gasteiger partial charge in [-0.15, -0.1) is 16.4 Å². The van der Waals surface area contributed by atoms with Crippen molar-refractivity contribution in [3.05, 3.63) is 53.1 Å². The summed E-state index contributed by atoms with van der Waals surface area (Å²) in [4.78, 5) is 27.9. The fraction of sp³-hybridized carbons (Fsp3) is 0.316. The molecule has 1 aliphatic heterocycles. The molecule has 3 aromatic heterocycles. The van der Waals surface area contributed by atoms with Crippen LogP contribution in [0, 0.1) is 6.92 Å². The van der Waals surface area contributed by atoms with Gasteiger partial charge in [-0.05, 0) is 38.0 Å². The molecule has 4 heterocycles. The summed E-state index contributed by atoms with van der Waals surface area (Å²) in [5, 5.41) is 5.51. The average molecular weight is 378 g/mol. The molecule has 0 saturated carbocycles. The smallest absolute Gasteiger partial charge is 0.293 e. The molecule has 1 saturated heterocycles. The molecule has 1 amide bonds. The summed E-state index contributed by atoms with van der Waals surface area (Å²) in [6.07, 6.45) is 3.50. The van der Waals surface area contributed by atoms with Crippen LogP contribution in [-0.4, -0.2) is 48.5 Å². The van der Waals surface area contributed by atoms with E-state index in [0.717, 1.165) is 24.1 Å². The zero-order valence-corrected chi connectivity index (χ0v) is 15.7. The molecule has 0 bridgehead atoms. The number of rotatable bonds is 2. The van der Waals surface area contributed by atoms with Crippen molar-refractivity contribution in [1.29, 1.82) is 0 Å². The fourth-order valence-corrected chi connectivity index (χ4v) is 4.67. The van der Waals surface area contributed by atoms with Crippen molar-refractivity contribution in [2.24, 2.45) is 0 Å². The minimum atomic E-state index is -0.123. The number of amides is 1. The minimum Gasteiger partial charge on any atom is -0.336 e. The van der Waals surface area contributed by atoms with E-state index in [4.69, 9.17) is 4.98 Å². The predicted molar refractivity (Wildman–Crippen MR) is 103 cm³/mol. The molecular weight excluding hydrogens is 360 g/mol. The molecule has 0 atom stereocenters. The second-order valence-electron chi connectivity index (χ2n) is 6.82. The van der Waals surface area contributed by atoms with Crippen LogP contribution in [0.2, 0.25) is 0 Å². The maximum Gasteiger partial charge on any atom is 0.293 e. The number of carbonyl (C=O) groups is 1. The Kier molecular flexibility index (Phi) is 3.86. The lowest BCUT2D eigenvalue weighted by Gasteiger charge is -2.30. The monoisotopic (exact) mass is 378 g/mol. The van der Waals surface area contributed by atoms with Gasteiger partial charge in [0.1, 0.15) is 0 Å². The highest BCUT2D eigenvalue weighted by atomic mass is 32.1. The third-order valence-corrected chi connectivity index (χ3v) is 6.26. The Balaban J connectivity index is 1.31. The molecule has 1 fully saturated rings. The van der Waals surface area contributed by atoms with Crippen LogP contribution < -0.4 is 0 Å². The van der Waals surface area contributed by atoms with Crippen LogP contribution >= 0.6 is 11.3 Å². The van der Waals surface area contributed by atoms with Gasteiger partial charge in [-0.2, -0.15) is 4.98 Å². The SMILES string of the molecule is Cc1ccnc2nc(C(=O)N3CCC(c4nc5ccccc5s4)CC3)nn12.